The van der Waals surface area contributed by atoms with E-state index in [0.717, 1.165) is 22.3 Å². The van der Waals surface area contributed by atoms with Crippen molar-refractivity contribution in [3.8, 4) is 0 Å². The number of nitrogens with zero attached hydrogens (tertiary/aromatic N) is 1. The van der Waals surface area contributed by atoms with Crippen LogP contribution in [-0.4, -0.2) is 11.5 Å². The van der Waals surface area contributed by atoms with E-state index in [1.54, 1.807) is 18.3 Å². The van der Waals surface area contributed by atoms with Crippen LogP contribution in [0, 0.1) is 5.82 Å². The van der Waals surface area contributed by atoms with Gasteiger partial charge in [0.05, 0.1) is 16.8 Å². The third-order valence-electron chi connectivity index (χ3n) is 2.99. The number of halogens is 3. The minimum atomic E-state index is -0.234. The summed E-state index contributed by atoms with van der Waals surface area (Å²) in [6, 6.07) is 8.44. The SMILES string of the molecule is CCNC(Cc1cc(F)ccc1Br)c1ccc(Cl)cn1. The zero-order valence-electron chi connectivity index (χ0n) is 11.0. The van der Waals surface area contributed by atoms with Crippen molar-refractivity contribution >= 4 is 27.5 Å². The molecule has 106 valence electrons. The predicted molar refractivity (Wildman–Crippen MR) is 83.5 cm³/mol. The number of pyridine rings is 1. The van der Waals surface area contributed by atoms with Gasteiger partial charge >= 0.3 is 0 Å². The summed E-state index contributed by atoms with van der Waals surface area (Å²) in [4.78, 5) is 4.34. The molecule has 0 aliphatic heterocycles. The van der Waals surface area contributed by atoms with Crippen LogP contribution in [0.15, 0.2) is 41.0 Å². The first kappa shape index (κ1) is 15.4. The van der Waals surface area contributed by atoms with Crippen molar-refractivity contribution in [2.45, 2.75) is 19.4 Å². The van der Waals surface area contributed by atoms with Gasteiger partial charge in [0.25, 0.3) is 0 Å². The predicted octanol–water partition coefficient (Wildman–Crippen LogP) is 4.53. The molecule has 1 N–H and O–H groups in total. The molecule has 0 fully saturated rings. The van der Waals surface area contributed by atoms with Gasteiger partial charge in [-0.2, -0.15) is 0 Å². The Hall–Kier alpha value is -0.970. The number of hydrogen-bond donors (Lipinski definition) is 1. The van der Waals surface area contributed by atoms with Crippen molar-refractivity contribution in [2.75, 3.05) is 6.54 Å². The number of hydrogen-bond acceptors (Lipinski definition) is 2. The molecule has 2 rings (SSSR count). The van der Waals surface area contributed by atoms with E-state index in [2.05, 4.69) is 26.2 Å². The van der Waals surface area contributed by atoms with Crippen LogP contribution in [0.4, 0.5) is 4.39 Å². The van der Waals surface area contributed by atoms with E-state index in [4.69, 9.17) is 11.6 Å². The summed E-state index contributed by atoms with van der Waals surface area (Å²) < 4.78 is 14.3. The molecular weight excluding hydrogens is 343 g/mol. The lowest BCUT2D eigenvalue weighted by Crippen LogP contribution is -2.24. The Kier molecular flexibility index (Phi) is 5.52. The van der Waals surface area contributed by atoms with Crippen molar-refractivity contribution in [1.82, 2.24) is 10.3 Å². The van der Waals surface area contributed by atoms with Crippen LogP contribution in [0.3, 0.4) is 0 Å². The number of likely N-dealkylation sites (N-methyl/N-ethyl adjacent to an activating group) is 1. The molecule has 1 unspecified atom stereocenters. The third-order valence-corrected chi connectivity index (χ3v) is 3.99. The average Bonchev–Trinajstić information content (AvgIpc) is 2.43. The van der Waals surface area contributed by atoms with Gasteiger partial charge in [0.1, 0.15) is 5.82 Å². The zero-order valence-corrected chi connectivity index (χ0v) is 13.4. The van der Waals surface area contributed by atoms with Crippen LogP contribution in [0.25, 0.3) is 0 Å². The largest absolute Gasteiger partial charge is 0.309 e. The maximum absolute atomic E-state index is 13.4. The molecule has 0 aliphatic rings. The Bertz CT molecular complexity index is 575. The molecule has 0 aliphatic carbocycles. The molecular formula is C15H15BrClFN2. The second kappa shape index (κ2) is 7.16. The van der Waals surface area contributed by atoms with Gasteiger partial charge in [-0.25, -0.2) is 4.39 Å². The minimum absolute atomic E-state index is 0.0235. The van der Waals surface area contributed by atoms with Gasteiger partial charge < -0.3 is 5.32 Å². The number of aromatic nitrogens is 1. The fourth-order valence-electron chi connectivity index (χ4n) is 2.04. The summed E-state index contributed by atoms with van der Waals surface area (Å²) >= 11 is 9.32. The number of nitrogens with one attached hydrogen (secondary N) is 1. The van der Waals surface area contributed by atoms with Gasteiger partial charge in [0, 0.05) is 10.7 Å². The molecule has 1 heterocycles. The van der Waals surface area contributed by atoms with E-state index in [-0.39, 0.29) is 11.9 Å². The topological polar surface area (TPSA) is 24.9 Å². The summed E-state index contributed by atoms with van der Waals surface area (Å²) in [5, 5.41) is 3.97. The quantitative estimate of drug-likeness (QED) is 0.850. The third kappa shape index (κ3) is 4.01. The maximum Gasteiger partial charge on any atom is 0.123 e. The Labute approximate surface area is 131 Å². The molecule has 2 nitrogen and oxygen atoms in total. The van der Waals surface area contributed by atoms with E-state index in [1.807, 2.05) is 19.1 Å². The monoisotopic (exact) mass is 356 g/mol. The highest BCUT2D eigenvalue weighted by Gasteiger charge is 2.14. The average molecular weight is 358 g/mol. The molecule has 5 heteroatoms. The van der Waals surface area contributed by atoms with E-state index in [0.29, 0.717) is 11.4 Å². The number of benzene rings is 1. The summed E-state index contributed by atoms with van der Waals surface area (Å²) in [6.45, 7) is 2.84. The van der Waals surface area contributed by atoms with Crippen molar-refractivity contribution in [1.29, 1.82) is 0 Å². The summed E-state index contributed by atoms with van der Waals surface area (Å²) in [7, 11) is 0. The van der Waals surface area contributed by atoms with Crippen LogP contribution < -0.4 is 5.32 Å². The smallest absolute Gasteiger partial charge is 0.123 e. The lowest BCUT2D eigenvalue weighted by atomic mass is 10.0. The van der Waals surface area contributed by atoms with Crippen molar-refractivity contribution in [3.05, 3.63) is 63.1 Å². The Morgan fingerprint density at radius 2 is 2.15 bits per heavy atom. The first-order valence-electron chi connectivity index (χ1n) is 6.39. The van der Waals surface area contributed by atoms with E-state index < -0.39 is 0 Å². The van der Waals surface area contributed by atoms with Gasteiger partial charge in [0.15, 0.2) is 0 Å². The lowest BCUT2D eigenvalue weighted by Gasteiger charge is -2.18. The van der Waals surface area contributed by atoms with Crippen molar-refractivity contribution < 1.29 is 4.39 Å². The highest BCUT2D eigenvalue weighted by molar-refractivity contribution is 9.10. The molecule has 0 bridgehead atoms. The molecule has 1 atom stereocenters. The van der Waals surface area contributed by atoms with Gasteiger partial charge in [-0.1, -0.05) is 34.5 Å². The molecule has 1 aromatic heterocycles. The molecule has 0 saturated heterocycles. The summed E-state index contributed by atoms with van der Waals surface area (Å²) in [5.41, 5.74) is 1.81. The second-order valence-corrected chi connectivity index (χ2v) is 5.74. The fourth-order valence-corrected chi connectivity index (χ4v) is 2.56. The van der Waals surface area contributed by atoms with Gasteiger partial charge in [-0.05, 0) is 48.9 Å². The molecule has 20 heavy (non-hydrogen) atoms. The molecule has 0 spiro atoms. The van der Waals surface area contributed by atoms with Crippen molar-refractivity contribution in [2.24, 2.45) is 0 Å². The lowest BCUT2D eigenvalue weighted by molar-refractivity contribution is 0.533. The highest BCUT2D eigenvalue weighted by Crippen LogP contribution is 2.24. The van der Waals surface area contributed by atoms with Gasteiger partial charge in [-0.3, -0.25) is 4.98 Å². The van der Waals surface area contributed by atoms with Gasteiger partial charge in [-0.15, -0.1) is 0 Å². The first-order valence-corrected chi connectivity index (χ1v) is 7.56. The van der Waals surface area contributed by atoms with Gasteiger partial charge in [0.2, 0.25) is 0 Å². The zero-order chi connectivity index (χ0) is 14.5. The normalized spacial score (nSPS) is 12.4. The highest BCUT2D eigenvalue weighted by atomic mass is 79.9. The van der Waals surface area contributed by atoms with Crippen LogP contribution in [0.1, 0.15) is 24.2 Å². The molecule has 1 aromatic carbocycles. The maximum atomic E-state index is 13.4. The molecule has 0 amide bonds. The van der Waals surface area contributed by atoms with Crippen LogP contribution in [-0.2, 0) is 6.42 Å². The van der Waals surface area contributed by atoms with E-state index in [1.165, 1.54) is 6.07 Å². The Morgan fingerprint density at radius 1 is 1.35 bits per heavy atom. The summed E-state index contributed by atoms with van der Waals surface area (Å²) in [6.07, 6.45) is 2.28. The Morgan fingerprint density at radius 3 is 2.80 bits per heavy atom. The van der Waals surface area contributed by atoms with Crippen LogP contribution >= 0.6 is 27.5 Å². The van der Waals surface area contributed by atoms with Crippen molar-refractivity contribution in [3.63, 3.8) is 0 Å². The second-order valence-electron chi connectivity index (χ2n) is 4.45. The van der Waals surface area contributed by atoms with Crippen LogP contribution in [0.5, 0.6) is 0 Å². The standard InChI is InChI=1S/C15H15BrClFN2/c1-2-19-15(14-6-3-11(17)9-20-14)8-10-7-12(18)4-5-13(10)16/h3-7,9,15,19H,2,8H2,1H3. The van der Waals surface area contributed by atoms with E-state index in [9.17, 15) is 4.39 Å². The summed E-state index contributed by atoms with van der Waals surface area (Å²) in [5.74, 6) is -0.234. The number of rotatable bonds is 5. The van der Waals surface area contributed by atoms with E-state index >= 15 is 0 Å². The molecule has 0 radical (unpaired) electrons. The first-order chi connectivity index (χ1) is 9.60. The minimum Gasteiger partial charge on any atom is -0.309 e. The molecule has 2 aromatic rings. The molecule has 0 saturated carbocycles. The Balaban J connectivity index is 2.25. The van der Waals surface area contributed by atoms with Crippen LogP contribution in [0.2, 0.25) is 5.02 Å². The fraction of sp³-hybridized carbons (Fsp3) is 0.267.